The zero-order chi connectivity index (χ0) is 26.4. The molecule has 0 spiro atoms. The molecular weight excluding hydrogens is 490 g/mol. The highest BCUT2D eigenvalue weighted by Crippen LogP contribution is 2.38. The normalized spacial score (nSPS) is 11.9. The van der Waals surface area contributed by atoms with Crippen LogP contribution in [0.4, 0.5) is 5.69 Å². The first kappa shape index (κ1) is 25.8. The summed E-state index contributed by atoms with van der Waals surface area (Å²) in [4.78, 5) is 12.3. The van der Waals surface area contributed by atoms with E-state index in [0.717, 1.165) is 16.7 Å². The van der Waals surface area contributed by atoms with Crippen molar-refractivity contribution in [3.63, 3.8) is 0 Å². The molecule has 0 saturated heterocycles. The molecular formula is C29H27NO6S. The molecule has 0 heterocycles. The van der Waals surface area contributed by atoms with Crippen LogP contribution in [0.15, 0.2) is 107 Å². The molecule has 4 aromatic rings. The van der Waals surface area contributed by atoms with E-state index in [2.05, 4.69) is 5.32 Å². The van der Waals surface area contributed by atoms with Gasteiger partial charge in [0.05, 0.1) is 29.6 Å². The predicted molar refractivity (Wildman–Crippen MR) is 142 cm³/mol. The van der Waals surface area contributed by atoms with Gasteiger partial charge in [0.1, 0.15) is 17.5 Å². The van der Waals surface area contributed by atoms with E-state index in [4.69, 9.17) is 9.47 Å². The third-order valence-corrected chi connectivity index (χ3v) is 7.75. The van der Waals surface area contributed by atoms with E-state index in [-0.39, 0.29) is 16.2 Å². The number of hydrogen-bond acceptors (Lipinski definition) is 6. The van der Waals surface area contributed by atoms with Crippen LogP contribution in [0, 0.1) is 0 Å². The van der Waals surface area contributed by atoms with E-state index in [9.17, 15) is 18.3 Å². The number of rotatable bonds is 10. The Balaban J connectivity index is 1.50. The number of sulfone groups is 1. The van der Waals surface area contributed by atoms with Crippen molar-refractivity contribution in [2.45, 2.75) is 22.3 Å². The molecule has 1 unspecified atom stereocenters. The van der Waals surface area contributed by atoms with Crippen molar-refractivity contribution in [1.82, 2.24) is 0 Å². The van der Waals surface area contributed by atoms with Crippen LogP contribution in [-0.4, -0.2) is 39.8 Å². The Labute approximate surface area is 216 Å². The Hall–Kier alpha value is -4.30. The van der Waals surface area contributed by atoms with Crippen molar-refractivity contribution in [2.75, 3.05) is 19.5 Å². The molecule has 0 bridgehead atoms. The van der Waals surface area contributed by atoms with E-state index >= 15 is 0 Å². The molecule has 37 heavy (non-hydrogen) atoms. The summed E-state index contributed by atoms with van der Waals surface area (Å²) in [5.41, 5.74) is 3.03. The summed E-state index contributed by atoms with van der Waals surface area (Å²) in [6, 6.07) is 26.4. The molecule has 1 atom stereocenters. The largest absolute Gasteiger partial charge is 0.496 e. The van der Waals surface area contributed by atoms with Crippen LogP contribution in [0.3, 0.4) is 0 Å². The van der Waals surface area contributed by atoms with Crippen molar-refractivity contribution < 1.29 is 27.8 Å². The van der Waals surface area contributed by atoms with Crippen molar-refractivity contribution in [3.8, 4) is 22.6 Å². The third-order valence-electron chi connectivity index (χ3n) is 5.97. The Morgan fingerprint density at radius 1 is 0.784 bits per heavy atom. The lowest BCUT2D eigenvalue weighted by Gasteiger charge is -2.17. The van der Waals surface area contributed by atoms with Gasteiger partial charge in [-0.25, -0.2) is 13.2 Å². The van der Waals surface area contributed by atoms with Crippen molar-refractivity contribution in [1.29, 1.82) is 0 Å². The number of nitrogens with one attached hydrogen (secondary N) is 1. The maximum absolute atomic E-state index is 12.8. The number of benzene rings is 4. The number of ether oxygens (including phenoxy) is 2. The van der Waals surface area contributed by atoms with Gasteiger partial charge in [-0.15, -0.1) is 0 Å². The maximum atomic E-state index is 12.8. The summed E-state index contributed by atoms with van der Waals surface area (Å²) in [5.74, 6) is 0.335. The smallest absolute Gasteiger partial charge is 0.326 e. The first-order valence-corrected chi connectivity index (χ1v) is 13.0. The molecule has 0 aliphatic carbocycles. The second-order valence-corrected chi connectivity index (χ2v) is 10.3. The number of carbonyl (C=O) groups is 1. The quantitative estimate of drug-likeness (QED) is 0.294. The monoisotopic (exact) mass is 517 g/mol. The van der Waals surface area contributed by atoms with Gasteiger partial charge in [0.15, 0.2) is 0 Å². The highest BCUT2D eigenvalue weighted by atomic mass is 32.2. The lowest BCUT2D eigenvalue weighted by atomic mass is 9.99. The minimum absolute atomic E-state index is 0.137. The second-order valence-electron chi connectivity index (χ2n) is 8.31. The molecule has 0 aromatic heterocycles. The van der Waals surface area contributed by atoms with Crippen molar-refractivity contribution >= 4 is 21.5 Å². The summed E-state index contributed by atoms with van der Waals surface area (Å²) in [6.45, 7) is 0. The molecule has 0 fully saturated rings. The van der Waals surface area contributed by atoms with Gasteiger partial charge < -0.3 is 19.9 Å². The molecule has 0 amide bonds. The standard InChI is InChI=1S/C29H27NO6S/c1-35-26-9-6-10-27(36-2)28(26)21-13-11-20(12-14-21)19-25(29(31)32)30-22-15-17-24(18-16-22)37(33,34)23-7-4-3-5-8-23/h3-18,25,30H,19H2,1-2H3,(H,31,32). The highest BCUT2D eigenvalue weighted by molar-refractivity contribution is 7.91. The summed E-state index contributed by atoms with van der Waals surface area (Å²) < 4.78 is 36.6. The van der Waals surface area contributed by atoms with Gasteiger partial charge in [0.25, 0.3) is 0 Å². The van der Waals surface area contributed by atoms with Crippen LogP contribution < -0.4 is 14.8 Å². The average molecular weight is 518 g/mol. The second kappa shape index (κ2) is 11.2. The van der Waals surface area contributed by atoms with Gasteiger partial charge in [0.2, 0.25) is 9.84 Å². The molecule has 4 aromatic carbocycles. The molecule has 190 valence electrons. The predicted octanol–water partition coefficient (Wildman–Crippen LogP) is 5.31. The summed E-state index contributed by atoms with van der Waals surface area (Å²) in [6.07, 6.45) is 0.225. The molecule has 2 N–H and O–H groups in total. The fraction of sp³-hybridized carbons (Fsp3) is 0.138. The zero-order valence-corrected chi connectivity index (χ0v) is 21.2. The minimum Gasteiger partial charge on any atom is -0.496 e. The first-order chi connectivity index (χ1) is 17.8. The van der Waals surface area contributed by atoms with Gasteiger partial charge in [0, 0.05) is 12.1 Å². The van der Waals surface area contributed by atoms with Crippen LogP contribution in [-0.2, 0) is 21.1 Å². The lowest BCUT2D eigenvalue weighted by molar-refractivity contribution is -0.137. The van der Waals surface area contributed by atoms with Crippen LogP contribution in [0.25, 0.3) is 11.1 Å². The van der Waals surface area contributed by atoms with Gasteiger partial charge in [-0.05, 0) is 59.7 Å². The Bertz CT molecular complexity index is 1450. The molecule has 0 aliphatic rings. The number of anilines is 1. The van der Waals surface area contributed by atoms with Crippen molar-refractivity contribution in [3.05, 3.63) is 103 Å². The molecule has 8 heteroatoms. The molecule has 4 rings (SSSR count). The van der Waals surface area contributed by atoms with E-state index < -0.39 is 21.8 Å². The van der Waals surface area contributed by atoms with E-state index in [1.807, 2.05) is 42.5 Å². The fourth-order valence-corrected chi connectivity index (χ4v) is 5.33. The van der Waals surface area contributed by atoms with E-state index in [1.54, 1.807) is 44.6 Å². The van der Waals surface area contributed by atoms with Crippen LogP contribution in [0.1, 0.15) is 5.56 Å². The van der Waals surface area contributed by atoms with Gasteiger partial charge in [-0.1, -0.05) is 48.5 Å². The van der Waals surface area contributed by atoms with Gasteiger partial charge in [-0.3, -0.25) is 0 Å². The van der Waals surface area contributed by atoms with Crippen LogP contribution in [0.2, 0.25) is 0 Å². The zero-order valence-electron chi connectivity index (χ0n) is 20.4. The van der Waals surface area contributed by atoms with E-state index in [1.165, 1.54) is 24.3 Å². The van der Waals surface area contributed by atoms with Gasteiger partial charge >= 0.3 is 5.97 Å². The molecule has 0 saturated carbocycles. The number of aliphatic carboxylic acids is 1. The van der Waals surface area contributed by atoms with E-state index in [0.29, 0.717) is 17.2 Å². The lowest BCUT2D eigenvalue weighted by Crippen LogP contribution is -2.31. The topological polar surface area (TPSA) is 102 Å². The Morgan fingerprint density at radius 2 is 1.35 bits per heavy atom. The Kier molecular flexibility index (Phi) is 7.79. The number of hydrogen-bond donors (Lipinski definition) is 2. The Morgan fingerprint density at radius 3 is 1.89 bits per heavy atom. The van der Waals surface area contributed by atoms with Crippen LogP contribution in [0.5, 0.6) is 11.5 Å². The maximum Gasteiger partial charge on any atom is 0.326 e. The third kappa shape index (κ3) is 5.76. The number of methoxy groups -OCH3 is 2. The van der Waals surface area contributed by atoms with Crippen molar-refractivity contribution in [2.24, 2.45) is 0 Å². The number of carboxylic acids is 1. The summed E-state index contributed by atoms with van der Waals surface area (Å²) >= 11 is 0. The van der Waals surface area contributed by atoms with Crippen LogP contribution >= 0.6 is 0 Å². The number of carboxylic acid groups (broad SMARTS) is 1. The highest BCUT2D eigenvalue weighted by Gasteiger charge is 2.20. The summed E-state index contributed by atoms with van der Waals surface area (Å²) in [7, 11) is -0.455. The SMILES string of the molecule is COc1cccc(OC)c1-c1ccc(CC(Nc2ccc(S(=O)(=O)c3ccccc3)cc2)C(=O)O)cc1. The fourth-order valence-electron chi connectivity index (χ4n) is 4.05. The first-order valence-electron chi connectivity index (χ1n) is 11.5. The minimum atomic E-state index is -3.65. The average Bonchev–Trinajstić information content (AvgIpc) is 2.93. The molecule has 0 aliphatic heterocycles. The molecule has 0 radical (unpaired) electrons. The van der Waals surface area contributed by atoms with Gasteiger partial charge in [-0.2, -0.15) is 0 Å². The summed E-state index contributed by atoms with van der Waals surface area (Å²) in [5, 5.41) is 12.8. The molecule has 7 nitrogen and oxygen atoms in total.